The van der Waals surface area contributed by atoms with E-state index >= 15 is 0 Å². The smallest absolute Gasteiger partial charge is 0.224 e. The minimum absolute atomic E-state index is 0.0233. The molecule has 3 N–H and O–H groups in total. The van der Waals surface area contributed by atoms with Gasteiger partial charge in [-0.15, -0.1) is 0 Å². The minimum Gasteiger partial charge on any atom is -0.396 e. The molecule has 0 amide bonds. The maximum absolute atomic E-state index is 9.73. The molecular formula is C15H26N4O. The highest BCUT2D eigenvalue weighted by Gasteiger charge is 2.31. The molecule has 1 aromatic rings. The van der Waals surface area contributed by atoms with E-state index in [2.05, 4.69) is 20.6 Å². The van der Waals surface area contributed by atoms with Crippen LogP contribution < -0.4 is 10.6 Å². The number of hydrogen-bond donors (Lipinski definition) is 3. The fourth-order valence-electron chi connectivity index (χ4n) is 2.87. The second-order valence-corrected chi connectivity index (χ2v) is 5.82. The monoisotopic (exact) mass is 278 g/mol. The highest BCUT2D eigenvalue weighted by atomic mass is 16.3. The molecule has 0 aliphatic heterocycles. The van der Waals surface area contributed by atoms with Crippen LogP contribution in [-0.2, 0) is 0 Å². The lowest BCUT2D eigenvalue weighted by Gasteiger charge is -2.35. The Labute approximate surface area is 121 Å². The summed E-state index contributed by atoms with van der Waals surface area (Å²) >= 11 is 0. The standard InChI is InChI=1S/C15H26N4O/c1-3-16-14-18-12(2)9-13(19-14)17-10-15(11-20)7-5-4-6-8-15/h9,20H,3-8,10-11H2,1-2H3,(H2,16,17,18,19). The average Bonchev–Trinajstić information content (AvgIpc) is 2.46. The maximum atomic E-state index is 9.73. The van der Waals surface area contributed by atoms with Crippen LogP contribution >= 0.6 is 0 Å². The molecule has 1 aromatic heterocycles. The minimum atomic E-state index is 0.0233. The first-order valence-corrected chi connectivity index (χ1v) is 7.62. The van der Waals surface area contributed by atoms with Gasteiger partial charge in [-0.05, 0) is 26.7 Å². The molecule has 0 bridgehead atoms. The van der Waals surface area contributed by atoms with Crippen LogP contribution in [0, 0.1) is 12.3 Å². The molecular weight excluding hydrogens is 252 g/mol. The SMILES string of the molecule is CCNc1nc(C)cc(NCC2(CO)CCCCC2)n1. The Hall–Kier alpha value is -1.36. The fraction of sp³-hybridized carbons (Fsp3) is 0.733. The van der Waals surface area contributed by atoms with Crippen molar-refractivity contribution in [1.82, 2.24) is 9.97 Å². The zero-order valence-corrected chi connectivity index (χ0v) is 12.6. The van der Waals surface area contributed by atoms with Crippen LogP contribution in [0.4, 0.5) is 11.8 Å². The van der Waals surface area contributed by atoms with Gasteiger partial charge in [-0.2, -0.15) is 4.98 Å². The molecule has 20 heavy (non-hydrogen) atoms. The predicted molar refractivity (Wildman–Crippen MR) is 82.0 cm³/mol. The topological polar surface area (TPSA) is 70.1 Å². The number of anilines is 2. The number of aromatic nitrogens is 2. The summed E-state index contributed by atoms with van der Waals surface area (Å²) in [5, 5.41) is 16.3. The van der Waals surface area contributed by atoms with Gasteiger partial charge in [-0.1, -0.05) is 19.3 Å². The lowest BCUT2D eigenvalue weighted by atomic mass is 9.74. The summed E-state index contributed by atoms with van der Waals surface area (Å²) < 4.78 is 0. The summed E-state index contributed by atoms with van der Waals surface area (Å²) in [7, 11) is 0. The zero-order chi connectivity index (χ0) is 14.4. The lowest BCUT2D eigenvalue weighted by Crippen LogP contribution is -2.35. The van der Waals surface area contributed by atoms with E-state index in [9.17, 15) is 5.11 Å². The summed E-state index contributed by atoms with van der Waals surface area (Å²) in [6.07, 6.45) is 5.92. The zero-order valence-electron chi connectivity index (χ0n) is 12.6. The van der Waals surface area contributed by atoms with Crippen molar-refractivity contribution in [3.8, 4) is 0 Å². The van der Waals surface area contributed by atoms with Crippen molar-refractivity contribution < 1.29 is 5.11 Å². The molecule has 0 spiro atoms. The van der Waals surface area contributed by atoms with E-state index in [4.69, 9.17) is 0 Å². The molecule has 0 saturated heterocycles. The number of nitrogens with zero attached hydrogens (tertiary/aromatic N) is 2. The number of hydrogen-bond acceptors (Lipinski definition) is 5. The summed E-state index contributed by atoms with van der Waals surface area (Å²) in [6.45, 7) is 5.84. The van der Waals surface area contributed by atoms with Crippen molar-refractivity contribution in [2.24, 2.45) is 5.41 Å². The van der Waals surface area contributed by atoms with Gasteiger partial charge in [-0.25, -0.2) is 4.98 Å². The molecule has 2 rings (SSSR count). The van der Waals surface area contributed by atoms with E-state index in [-0.39, 0.29) is 12.0 Å². The summed E-state index contributed by atoms with van der Waals surface area (Å²) in [4.78, 5) is 8.80. The van der Waals surface area contributed by atoms with Gasteiger partial charge in [0.25, 0.3) is 0 Å². The molecule has 112 valence electrons. The first kappa shape index (κ1) is 15.0. The molecule has 0 unspecified atom stereocenters. The normalized spacial score (nSPS) is 17.8. The molecule has 5 nitrogen and oxygen atoms in total. The molecule has 1 saturated carbocycles. The van der Waals surface area contributed by atoms with Gasteiger partial charge in [0.15, 0.2) is 0 Å². The van der Waals surface area contributed by atoms with Crippen molar-refractivity contribution in [1.29, 1.82) is 0 Å². The second kappa shape index (κ2) is 6.88. The molecule has 0 atom stereocenters. The third-order valence-corrected chi connectivity index (χ3v) is 4.08. The second-order valence-electron chi connectivity index (χ2n) is 5.82. The molecule has 0 aromatic carbocycles. The van der Waals surface area contributed by atoms with Crippen LogP contribution in [0.1, 0.15) is 44.7 Å². The van der Waals surface area contributed by atoms with Crippen molar-refractivity contribution in [2.75, 3.05) is 30.3 Å². The fourth-order valence-corrected chi connectivity index (χ4v) is 2.87. The first-order valence-electron chi connectivity index (χ1n) is 7.62. The van der Waals surface area contributed by atoms with E-state index in [0.29, 0.717) is 5.95 Å². The molecule has 1 heterocycles. The molecule has 1 aliphatic carbocycles. The Morgan fingerprint density at radius 2 is 1.95 bits per heavy atom. The average molecular weight is 278 g/mol. The molecule has 5 heteroatoms. The van der Waals surface area contributed by atoms with E-state index in [1.54, 1.807) is 0 Å². The van der Waals surface area contributed by atoms with Gasteiger partial charge in [0.2, 0.25) is 5.95 Å². The van der Waals surface area contributed by atoms with Gasteiger partial charge in [-0.3, -0.25) is 0 Å². The number of aliphatic hydroxyl groups excluding tert-OH is 1. The van der Waals surface area contributed by atoms with Crippen LogP contribution in [0.15, 0.2) is 6.07 Å². The summed E-state index contributed by atoms with van der Waals surface area (Å²) in [5.41, 5.74) is 0.968. The van der Waals surface area contributed by atoms with Crippen molar-refractivity contribution in [3.63, 3.8) is 0 Å². The highest BCUT2D eigenvalue weighted by molar-refractivity contribution is 5.42. The number of aryl methyl sites for hydroxylation is 1. The van der Waals surface area contributed by atoms with E-state index in [0.717, 1.165) is 37.4 Å². The quantitative estimate of drug-likeness (QED) is 0.746. The Bertz CT molecular complexity index is 430. The van der Waals surface area contributed by atoms with Crippen LogP contribution in [0.2, 0.25) is 0 Å². The van der Waals surface area contributed by atoms with Crippen LogP contribution in [0.3, 0.4) is 0 Å². The molecule has 0 radical (unpaired) electrons. The predicted octanol–water partition coefficient (Wildman–Crippen LogP) is 2.57. The Balaban J connectivity index is 2.02. The van der Waals surface area contributed by atoms with Gasteiger partial charge < -0.3 is 15.7 Å². The summed E-state index contributed by atoms with van der Waals surface area (Å²) in [6, 6.07) is 1.95. The first-order chi connectivity index (χ1) is 9.67. The van der Waals surface area contributed by atoms with Crippen LogP contribution in [0.25, 0.3) is 0 Å². The van der Waals surface area contributed by atoms with E-state index < -0.39 is 0 Å². The van der Waals surface area contributed by atoms with Crippen molar-refractivity contribution in [2.45, 2.75) is 46.0 Å². The third-order valence-electron chi connectivity index (χ3n) is 4.08. The summed E-state index contributed by atoms with van der Waals surface area (Å²) in [5.74, 6) is 1.50. The van der Waals surface area contributed by atoms with Crippen LogP contribution in [0.5, 0.6) is 0 Å². The van der Waals surface area contributed by atoms with Gasteiger partial charge in [0.1, 0.15) is 5.82 Å². The Morgan fingerprint density at radius 3 is 2.60 bits per heavy atom. The van der Waals surface area contributed by atoms with Crippen molar-refractivity contribution >= 4 is 11.8 Å². The largest absolute Gasteiger partial charge is 0.396 e. The molecule has 1 aliphatic rings. The van der Waals surface area contributed by atoms with E-state index in [1.165, 1.54) is 19.3 Å². The van der Waals surface area contributed by atoms with Gasteiger partial charge >= 0.3 is 0 Å². The van der Waals surface area contributed by atoms with Gasteiger partial charge in [0.05, 0.1) is 6.61 Å². The Morgan fingerprint density at radius 1 is 1.20 bits per heavy atom. The number of aliphatic hydroxyl groups is 1. The van der Waals surface area contributed by atoms with E-state index in [1.807, 2.05) is 19.9 Å². The van der Waals surface area contributed by atoms with Gasteiger partial charge in [0, 0.05) is 30.3 Å². The molecule has 1 fully saturated rings. The Kier molecular flexibility index (Phi) is 5.17. The van der Waals surface area contributed by atoms with Crippen molar-refractivity contribution in [3.05, 3.63) is 11.8 Å². The highest BCUT2D eigenvalue weighted by Crippen LogP contribution is 2.35. The third kappa shape index (κ3) is 3.82. The number of nitrogens with one attached hydrogen (secondary N) is 2. The van der Waals surface area contributed by atoms with Crippen LogP contribution in [-0.4, -0.2) is 34.8 Å². The lowest BCUT2D eigenvalue weighted by molar-refractivity contribution is 0.0943. The number of rotatable bonds is 6. The maximum Gasteiger partial charge on any atom is 0.224 e.